The van der Waals surface area contributed by atoms with E-state index in [1.807, 2.05) is 24.3 Å². The van der Waals surface area contributed by atoms with Gasteiger partial charge in [-0.25, -0.2) is 4.79 Å². The number of allylic oxidation sites excluding steroid dienone is 1. The van der Waals surface area contributed by atoms with E-state index in [-0.39, 0.29) is 5.70 Å². The van der Waals surface area contributed by atoms with Gasteiger partial charge in [-0.05, 0) is 16.5 Å². The maximum atomic E-state index is 11.5. The molecule has 0 aliphatic carbocycles. The van der Waals surface area contributed by atoms with Crippen LogP contribution in [0.3, 0.4) is 0 Å². The van der Waals surface area contributed by atoms with Crippen molar-refractivity contribution in [3.8, 4) is 0 Å². The minimum Gasteiger partial charge on any atom is -0.567 e. The molecule has 18 heavy (non-hydrogen) atoms. The first-order valence-corrected chi connectivity index (χ1v) is 6.83. The first-order chi connectivity index (χ1) is 8.60. The number of esters is 1. The van der Waals surface area contributed by atoms with Crippen LogP contribution in [0, 0.1) is 0 Å². The molecule has 0 radical (unpaired) electrons. The molecule has 0 fully saturated rings. The van der Waals surface area contributed by atoms with Gasteiger partial charge in [0.25, 0.3) is 0 Å². The summed E-state index contributed by atoms with van der Waals surface area (Å²) < 4.78 is 23.4. The number of hydrogen-bond acceptors (Lipinski definition) is 5. The number of nitrogens with zero attached hydrogens (tertiary/aromatic N) is 1. The summed E-state index contributed by atoms with van der Waals surface area (Å²) in [5.41, 5.74) is 1.37. The van der Waals surface area contributed by atoms with Crippen LogP contribution in [-0.2, 0) is 21.1 Å². The highest BCUT2D eigenvalue weighted by Crippen LogP contribution is 2.15. The highest BCUT2D eigenvalue weighted by Gasteiger charge is 2.23. The zero-order valence-corrected chi connectivity index (χ0v) is 11.7. The van der Waals surface area contributed by atoms with Crippen LogP contribution in [0.1, 0.15) is 5.56 Å². The number of carbonyl (C=O) groups excluding carboxylic acids is 1. The SMILES string of the molecule is COC(=O)C1=CC(c2ccc(Br)cc2)=N[S+]([O-])N1. The predicted molar refractivity (Wildman–Crippen MR) is 72.1 cm³/mol. The highest BCUT2D eigenvalue weighted by molar-refractivity contribution is 9.10. The first kappa shape index (κ1) is 13.1. The van der Waals surface area contributed by atoms with Gasteiger partial charge in [0.15, 0.2) is 5.70 Å². The van der Waals surface area contributed by atoms with Crippen LogP contribution >= 0.6 is 15.9 Å². The number of nitrogens with one attached hydrogen (secondary N) is 1. The second-order valence-corrected chi connectivity index (χ2v) is 5.18. The molecule has 7 heteroatoms. The fraction of sp³-hybridized carbons (Fsp3) is 0.0909. The molecule has 94 valence electrons. The van der Waals surface area contributed by atoms with Crippen molar-refractivity contribution in [1.82, 2.24) is 4.72 Å². The molecule has 0 aromatic heterocycles. The van der Waals surface area contributed by atoms with Crippen molar-refractivity contribution in [3.63, 3.8) is 0 Å². The number of halogens is 1. The van der Waals surface area contributed by atoms with Gasteiger partial charge in [-0.1, -0.05) is 28.1 Å². The Bertz CT molecular complexity index is 528. The molecule has 5 nitrogen and oxygen atoms in total. The van der Waals surface area contributed by atoms with E-state index in [4.69, 9.17) is 0 Å². The van der Waals surface area contributed by atoms with Gasteiger partial charge in [0.1, 0.15) is 5.71 Å². The van der Waals surface area contributed by atoms with Crippen LogP contribution in [0.5, 0.6) is 0 Å². The zero-order valence-electron chi connectivity index (χ0n) is 9.34. The van der Waals surface area contributed by atoms with Crippen molar-refractivity contribution in [3.05, 3.63) is 46.1 Å². The van der Waals surface area contributed by atoms with Crippen molar-refractivity contribution in [2.45, 2.75) is 0 Å². The molecular weight excluding hydrogens is 320 g/mol. The third-order valence-electron chi connectivity index (χ3n) is 2.20. The van der Waals surface area contributed by atoms with Crippen LogP contribution < -0.4 is 4.72 Å². The molecule has 1 aromatic rings. The number of benzene rings is 1. The van der Waals surface area contributed by atoms with E-state index in [0.29, 0.717) is 5.71 Å². The minimum atomic E-state index is -1.67. The molecule has 1 unspecified atom stereocenters. The zero-order chi connectivity index (χ0) is 13.1. The lowest BCUT2D eigenvalue weighted by Gasteiger charge is -2.14. The van der Waals surface area contributed by atoms with Crippen molar-refractivity contribution in [1.29, 1.82) is 0 Å². The Morgan fingerprint density at radius 3 is 2.72 bits per heavy atom. The smallest absolute Gasteiger partial charge is 0.358 e. The lowest BCUT2D eigenvalue weighted by Crippen LogP contribution is -2.31. The van der Waals surface area contributed by atoms with E-state index in [2.05, 4.69) is 29.8 Å². The third-order valence-corrected chi connectivity index (χ3v) is 3.49. The normalized spacial score (nSPS) is 18.5. The van der Waals surface area contributed by atoms with Crippen LogP contribution in [0.2, 0.25) is 0 Å². The summed E-state index contributed by atoms with van der Waals surface area (Å²) in [6, 6.07) is 7.32. The van der Waals surface area contributed by atoms with Crippen LogP contribution in [0.4, 0.5) is 0 Å². The molecule has 1 N–H and O–H groups in total. The van der Waals surface area contributed by atoms with E-state index >= 15 is 0 Å². The topological polar surface area (TPSA) is 73.8 Å². The molecule has 0 spiro atoms. The molecule has 1 atom stereocenters. The number of hydrogen-bond donors (Lipinski definition) is 1. The standard InChI is InChI=1S/C11H9BrN2O3S/c1-17-11(15)10-6-9(13-18(16)14-10)7-2-4-8(12)5-3-7/h2-6,14H,1H3. The summed E-state index contributed by atoms with van der Waals surface area (Å²) in [5, 5.41) is 0. The van der Waals surface area contributed by atoms with Gasteiger partial charge in [-0.3, -0.25) is 0 Å². The number of carbonyl (C=O) groups is 1. The number of rotatable bonds is 2. The molecule has 1 aliphatic heterocycles. The summed E-state index contributed by atoms with van der Waals surface area (Å²) in [6.45, 7) is 0. The summed E-state index contributed by atoms with van der Waals surface area (Å²) in [7, 11) is 1.26. The maximum absolute atomic E-state index is 11.5. The predicted octanol–water partition coefficient (Wildman–Crippen LogP) is 1.48. The minimum absolute atomic E-state index is 0.128. The van der Waals surface area contributed by atoms with Crippen molar-refractivity contribution < 1.29 is 14.1 Å². The van der Waals surface area contributed by atoms with Crippen LogP contribution in [0.15, 0.2) is 44.9 Å². The molecule has 1 aromatic carbocycles. The van der Waals surface area contributed by atoms with E-state index in [0.717, 1.165) is 10.0 Å². The second-order valence-electron chi connectivity index (χ2n) is 3.38. The van der Waals surface area contributed by atoms with Crippen molar-refractivity contribution >= 4 is 39.2 Å². The summed E-state index contributed by atoms with van der Waals surface area (Å²) in [5.74, 6) is -0.576. The Morgan fingerprint density at radius 1 is 1.44 bits per heavy atom. The fourth-order valence-corrected chi connectivity index (χ4v) is 2.34. The van der Waals surface area contributed by atoms with E-state index in [1.165, 1.54) is 13.2 Å². The molecule has 0 amide bonds. The Balaban J connectivity index is 2.34. The second kappa shape index (κ2) is 5.55. The Hall–Kier alpha value is -1.31. The van der Waals surface area contributed by atoms with E-state index in [1.54, 1.807) is 0 Å². The van der Waals surface area contributed by atoms with Crippen molar-refractivity contribution in [2.24, 2.45) is 4.40 Å². The molecule has 1 heterocycles. The van der Waals surface area contributed by atoms with Gasteiger partial charge in [0.2, 0.25) is 11.5 Å². The Kier molecular flexibility index (Phi) is 4.05. The summed E-state index contributed by atoms with van der Waals surface area (Å²) in [6.07, 6.45) is 1.51. The van der Waals surface area contributed by atoms with Crippen LogP contribution in [-0.4, -0.2) is 23.3 Å². The summed E-state index contributed by atoms with van der Waals surface area (Å²) in [4.78, 5) is 11.4. The third kappa shape index (κ3) is 2.92. The lowest BCUT2D eigenvalue weighted by molar-refractivity contribution is -0.136. The number of ether oxygens (including phenoxy) is 1. The highest BCUT2D eigenvalue weighted by atomic mass is 79.9. The largest absolute Gasteiger partial charge is 0.567 e. The van der Waals surface area contributed by atoms with E-state index < -0.39 is 17.5 Å². The molecule has 1 aliphatic rings. The Labute approximate surface area is 116 Å². The maximum Gasteiger partial charge on any atom is 0.358 e. The number of methoxy groups -OCH3 is 1. The molecule has 2 rings (SSSR count). The van der Waals surface area contributed by atoms with Gasteiger partial charge < -0.3 is 9.29 Å². The van der Waals surface area contributed by atoms with Gasteiger partial charge in [0, 0.05) is 16.1 Å². The average molecular weight is 329 g/mol. The average Bonchev–Trinajstić information content (AvgIpc) is 2.38. The molecule has 0 saturated heterocycles. The summed E-state index contributed by atoms with van der Waals surface area (Å²) >= 11 is 1.65. The Morgan fingerprint density at radius 2 is 2.11 bits per heavy atom. The fourth-order valence-electron chi connectivity index (χ4n) is 1.37. The molecular formula is C11H9BrN2O3S. The van der Waals surface area contributed by atoms with E-state index in [9.17, 15) is 9.35 Å². The molecule has 0 bridgehead atoms. The monoisotopic (exact) mass is 328 g/mol. The van der Waals surface area contributed by atoms with Gasteiger partial charge in [-0.15, -0.1) is 0 Å². The first-order valence-electron chi connectivity index (χ1n) is 4.93. The van der Waals surface area contributed by atoms with Crippen molar-refractivity contribution in [2.75, 3.05) is 7.11 Å². The van der Waals surface area contributed by atoms with Crippen LogP contribution in [0.25, 0.3) is 0 Å². The van der Waals surface area contributed by atoms with Gasteiger partial charge in [-0.2, -0.15) is 4.72 Å². The quantitative estimate of drug-likeness (QED) is 0.659. The van der Waals surface area contributed by atoms with Gasteiger partial charge in [0.05, 0.1) is 7.11 Å². The molecule has 0 saturated carbocycles. The van der Waals surface area contributed by atoms with Gasteiger partial charge >= 0.3 is 5.97 Å². The lowest BCUT2D eigenvalue weighted by atomic mass is 10.1.